The lowest BCUT2D eigenvalue weighted by Crippen LogP contribution is -2.39. The molecule has 0 aliphatic carbocycles. The van der Waals surface area contributed by atoms with Crippen LogP contribution in [-0.4, -0.2) is 29.9 Å². The molecule has 1 fully saturated rings. The normalized spacial score (nSPS) is 19.7. The second-order valence-corrected chi connectivity index (χ2v) is 6.02. The fourth-order valence-corrected chi connectivity index (χ4v) is 3.48. The van der Waals surface area contributed by atoms with Crippen molar-refractivity contribution in [3.63, 3.8) is 0 Å². The third kappa shape index (κ3) is 2.89. The molecule has 1 unspecified atom stereocenters. The maximum atomic E-state index is 12.3. The van der Waals surface area contributed by atoms with Crippen molar-refractivity contribution in [3.8, 4) is 0 Å². The van der Waals surface area contributed by atoms with E-state index in [1.807, 2.05) is 23.1 Å². The molecule has 1 aliphatic rings. The van der Waals surface area contributed by atoms with Gasteiger partial charge in [0.25, 0.3) is 5.91 Å². The monoisotopic (exact) mass is 360 g/mol. The highest BCUT2D eigenvalue weighted by Gasteiger charge is 2.28. The molecule has 1 aromatic carbocycles. The number of rotatable bonds is 2. The van der Waals surface area contributed by atoms with E-state index in [0.29, 0.717) is 12.1 Å². The molecule has 0 bridgehead atoms. The Kier molecular flexibility index (Phi) is 4.22. The first kappa shape index (κ1) is 13.1. The average Bonchev–Trinajstić information content (AvgIpc) is 2.74. The zero-order chi connectivity index (χ0) is 12.4. The number of likely N-dealkylation sites (tertiary alicyclic amines) is 1. The quantitative estimate of drug-likeness (QED) is 0.880. The summed E-state index contributed by atoms with van der Waals surface area (Å²) in [5.41, 5.74) is 6.39. The zero-order valence-corrected chi connectivity index (χ0v) is 12.5. The highest BCUT2D eigenvalue weighted by atomic mass is 79.9. The maximum absolute atomic E-state index is 12.3. The van der Waals surface area contributed by atoms with Crippen molar-refractivity contribution in [2.24, 2.45) is 5.73 Å². The zero-order valence-electron chi connectivity index (χ0n) is 9.33. The third-order valence-electron chi connectivity index (χ3n) is 3.02. The molecule has 17 heavy (non-hydrogen) atoms. The molecule has 0 spiro atoms. The molecule has 1 saturated heterocycles. The molecular weight excluding hydrogens is 348 g/mol. The van der Waals surface area contributed by atoms with Crippen LogP contribution in [0, 0.1) is 0 Å². The SMILES string of the molecule is NCC1CCCN1C(=O)c1cc(Br)cc(Br)c1. The first-order valence-corrected chi connectivity index (χ1v) is 7.17. The molecule has 0 aromatic heterocycles. The molecule has 0 saturated carbocycles. The van der Waals surface area contributed by atoms with E-state index in [-0.39, 0.29) is 11.9 Å². The summed E-state index contributed by atoms with van der Waals surface area (Å²) in [5, 5.41) is 0. The molecule has 92 valence electrons. The Labute approximate surface area is 118 Å². The smallest absolute Gasteiger partial charge is 0.254 e. The van der Waals surface area contributed by atoms with E-state index in [1.54, 1.807) is 0 Å². The summed E-state index contributed by atoms with van der Waals surface area (Å²) in [7, 11) is 0. The Balaban J connectivity index is 2.24. The van der Waals surface area contributed by atoms with Crippen molar-refractivity contribution in [1.82, 2.24) is 4.90 Å². The van der Waals surface area contributed by atoms with Crippen LogP contribution in [-0.2, 0) is 0 Å². The predicted molar refractivity (Wildman–Crippen MR) is 75.0 cm³/mol. The van der Waals surface area contributed by atoms with Crippen LogP contribution in [0.4, 0.5) is 0 Å². The Morgan fingerprint density at radius 3 is 2.59 bits per heavy atom. The predicted octanol–water partition coefficient (Wildman–Crippen LogP) is 2.77. The molecule has 1 amide bonds. The van der Waals surface area contributed by atoms with Gasteiger partial charge in [0.2, 0.25) is 0 Å². The van der Waals surface area contributed by atoms with Gasteiger partial charge in [-0.25, -0.2) is 0 Å². The second kappa shape index (κ2) is 5.50. The fraction of sp³-hybridized carbons (Fsp3) is 0.417. The summed E-state index contributed by atoms with van der Waals surface area (Å²) >= 11 is 6.79. The number of hydrogen-bond acceptors (Lipinski definition) is 2. The van der Waals surface area contributed by atoms with Gasteiger partial charge in [-0.1, -0.05) is 31.9 Å². The van der Waals surface area contributed by atoms with Crippen LogP contribution in [0.2, 0.25) is 0 Å². The van der Waals surface area contributed by atoms with Crippen molar-refractivity contribution in [3.05, 3.63) is 32.7 Å². The van der Waals surface area contributed by atoms with E-state index in [2.05, 4.69) is 31.9 Å². The number of hydrogen-bond donors (Lipinski definition) is 1. The van der Waals surface area contributed by atoms with E-state index in [0.717, 1.165) is 28.3 Å². The first-order chi connectivity index (χ1) is 8.11. The second-order valence-electron chi connectivity index (χ2n) is 4.19. The van der Waals surface area contributed by atoms with Crippen LogP contribution in [0.5, 0.6) is 0 Å². The molecule has 1 aromatic rings. The summed E-state index contributed by atoms with van der Waals surface area (Å²) in [6, 6.07) is 5.80. The molecule has 1 heterocycles. The van der Waals surface area contributed by atoms with Gasteiger partial charge in [-0.15, -0.1) is 0 Å². The van der Waals surface area contributed by atoms with Crippen LogP contribution in [0.3, 0.4) is 0 Å². The topological polar surface area (TPSA) is 46.3 Å². The van der Waals surface area contributed by atoms with Gasteiger partial charge in [-0.2, -0.15) is 0 Å². The number of amides is 1. The highest BCUT2D eigenvalue weighted by Crippen LogP contribution is 2.24. The van der Waals surface area contributed by atoms with Gasteiger partial charge >= 0.3 is 0 Å². The van der Waals surface area contributed by atoms with E-state index >= 15 is 0 Å². The Hall–Kier alpha value is -0.390. The molecule has 1 aliphatic heterocycles. The van der Waals surface area contributed by atoms with Gasteiger partial charge in [0.1, 0.15) is 0 Å². The number of nitrogens with zero attached hydrogens (tertiary/aromatic N) is 1. The Bertz CT molecular complexity index is 416. The van der Waals surface area contributed by atoms with Crippen molar-refractivity contribution >= 4 is 37.8 Å². The summed E-state index contributed by atoms with van der Waals surface area (Å²) in [5.74, 6) is 0.0694. The van der Waals surface area contributed by atoms with E-state index in [4.69, 9.17) is 5.73 Å². The van der Waals surface area contributed by atoms with Crippen LogP contribution >= 0.6 is 31.9 Å². The van der Waals surface area contributed by atoms with Gasteiger partial charge in [-0.05, 0) is 31.0 Å². The number of nitrogens with two attached hydrogens (primary N) is 1. The maximum Gasteiger partial charge on any atom is 0.254 e. The van der Waals surface area contributed by atoms with E-state index in [1.165, 1.54) is 0 Å². The number of halogens is 2. The van der Waals surface area contributed by atoms with Crippen LogP contribution < -0.4 is 5.73 Å². The standard InChI is InChI=1S/C12H14Br2N2O/c13-9-4-8(5-10(14)6-9)12(17)16-3-1-2-11(16)7-15/h4-6,11H,1-3,7,15H2. The van der Waals surface area contributed by atoms with Crippen LogP contribution in [0.25, 0.3) is 0 Å². The third-order valence-corrected chi connectivity index (χ3v) is 3.94. The largest absolute Gasteiger partial charge is 0.334 e. The van der Waals surface area contributed by atoms with Gasteiger partial charge in [0.15, 0.2) is 0 Å². The summed E-state index contributed by atoms with van der Waals surface area (Å²) < 4.78 is 1.80. The molecule has 2 rings (SSSR count). The van der Waals surface area contributed by atoms with Gasteiger partial charge in [0, 0.05) is 33.6 Å². The number of carbonyl (C=O) groups is 1. The van der Waals surface area contributed by atoms with Crippen LogP contribution in [0.1, 0.15) is 23.2 Å². The highest BCUT2D eigenvalue weighted by molar-refractivity contribution is 9.11. The van der Waals surface area contributed by atoms with Gasteiger partial charge < -0.3 is 10.6 Å². The first-order valence-electron chi connectivity index (χ1n) is 5.59. The molecule has 1 atom stereocenters. The molecule has 0 radical (unpaired) electrons. The fourth-order valence-electron chi connectivity index (χ4n) is 2.19. The summed E-state index contributed by atoms with van der Waals surface area (Å²) in [6.07, 6.45) is 2.06. The lowest BCUT2D eigenvalue weighted by molar-refractivity contribution is 0.0741. The van der Waals surface area contributed by atoms with Gasteiger partial charge in [0.05, 0.1) is 0 Å². The molecule has 5 heteroatoms. The molecule has 2 N–H and O–H groups in total. The lowest BCUT2D eigenvalue weighted by atomic mass is 10.1. The van der Waals surface area contributed by atoms with E-state index < -0.39 is 0 Å². The van der Waals surface area contributed by atoms with Crippen molar-refractivity contribution < 1.29 is 4.79 Å². The van der Waals surface area contributed by atoms with E-state index in [9.17, 15) is 4.79 Å². The van der Waals surface area contributed by atoms with Crippen molar-refractivity contribution in [2.45, 2.75) is 18.9 Å². The molecular formula is C12H14Br2N2O. The minimum absolute atomic E-state index is 0.0694. The van der Waals surface area contributed by atoms with Crippen molar-refractivity contribution in [2.75, 3.05) is 13.1 Å². The van der Waals surface area contributed by atoms with Crippen molar-refractivity contribution in [1.29, 1.82) is 0 Å². The summed E-state index contributed by atoms with van der Waals surface area (Å²) in [6.45, 7) is 1.35. The van der Waals surface area contributed by atoms with Crippen LogP contribution in [0.15, 0.2) is 27.1 Å². The minimum Gasteiger partial charge on any atom is -0.334 e. The average molecular weight is 362 g/mol. The minimum atomic E-state index is 0.0694. The van der Waals surface area contributed by atoms with Gasteiger partial charge in [-0.3, -0.25) is 4.79 Å². The molecule has 3 nitrogen and oxygen atoms in total. The Morgan fingerprint density at radius 2 is 2.00 bits per heavy atom. The lowest BCUT2D eigenvalue weighted by Gasteiger charge is -2.23. The Morgan fingerprint density at radius 1 is 1.35 bits per heavy atom. The summed E-state index contributed by atoms with van der Waals surface area (Å²) in [4.78, 5) is 14.2. The number of benzene rings is 1. The number of carbonyl (C=O) groups excluding carboxylic acids is 1.